The molecule has 0 radical (unpaired) electrons. The van der Waals surface area contributed by atoms with Crippen LogP contribution in [0.3, 0.4) is 0 Å². The standard InChI is InChI=1S/C14H18BrNO2/c1-10(15)5-6-16(2)14(17)11-3-4-12-8-18-9-13(12)7-11/h3-4,7,10H,5-6,8-9H2,1-2H3. The summed E-state index contributed by atoms with van der Waals surface area (Å²) in [5.74, 6) is 0.0813. The number of carbonyl (C=O) groups excluding carboxylic acids is 1. The number of hydrogen-bond donors (Lipinski definition) is 0. The Bertz CT molecular complexity index is 445. The van der Waals surface area contributed by atoms with Crippen LogP contribution in [0.4, 0.5) is 0 Å². The number of nitrogens with zero attached hydrogens (tertiary/aromatic N) is 1. The van der Waals surface area contributed by atoms with Crippen molar-refractivity contribution in [2.75, 3.05) is 13.6 Å². The molecule has 1 atom stereocenters. The van der Waals surface area contributed by atoms with Crippen LogP contribution in [0.15, 0.2) is 18.2 Å². The van der Waals surface area contributed by atoms with Gasteiger partial charge in [0.2, 0.25) is 0 Å². The largest absolute Gasteiger partial charge is 0.372 e. The molecule has 1 unspecified atom stereocenters. The minimum Gasteiger partial charge on any atom is -0.372 e. The maximum atomic E-state index is 12.2. The molecule has 1 aliphatic heterocycles. The Morgan fingerprint density at radius 1 is 1.44 bits per heavy atom. The van der Waals surface area contributed by atoms with Gasteiger partial charge in [0.1, 0.15) is 0 Å². The molecule has 4 heteroatoms. The van der Waals surface area contributed by atoms with Crippen LogP contribution in [0, 0.1) is 0 Å². The first kappa shape index (κ1) is 13.6. The Morgan fingerprint density at radius 2 is 2.17 bits per heavy atom. The fourth-order valence-corrected chi connectivity index (χ4v) is 2.20. The van der Waals surface area contributed by atoms with Gasteiger partial charge in [0.15, 0.2) is 0 Å². The third-order valence-electron chi connectivity index (χ3n) is 3.18. The van der Waals surface area contributed by atoms with E-state index in [1.165, 1.54) is 5.56 Å². The van der Waals surface area contributed by atoms with Gasteiger partial charge in [-0.1, -0.05) is 28.9 Å². The quantitative estimate of drug-likeness (QED) is 0.800. The van der Waals surface area contributed by atoms with E-state index in [1.54, 1.807) is 4.90 Å². The third-order valence-corrected chi connectivity index (χ3v) is 3.64. The minimum atomic E-state index is 0.0813. The number of amides is 1. The lowest BCUT2D eigenvalue weighted by molar-refractivity contribution is 0.0794. The molecule has 0 saturated carbocycles. The summed E-state index contributed by atoms with van der Waals surface area (Å²) in [4.78, 5) is 14.4. The lowest BCUT2D eigenvalue weighted by Crippen LogP contribution is -2.28. The third kappa shape index (κ3) is 3.12. The molecule has 2 rings (SSSR count). The Kier molecular flexibility index (Phi) is 4.40. The highest BCUT2D eigenvalue weighted by molar-refractivity contribution is 9.09. The van der Waals surface area contributed by atoms with E-state index in [4.69, 9.17) is 4.74 Å². The average molecular weight is 312 g/mol. The van der Waals surface area contributed by atoms with Crippen LogP contribution in [0.2, 0.25) is 0 Å². The van der Waals surface area contributed by atoms with E-state index in [2.05, 4.69) is 22.9 Å². The van der Waals surface area contributed by atoms with Crippen LogP contribution in [0.1, 0.15) is 34.8 Å². The summed E-state index contributed by atoms with van der Waals surface area (Å²) in [6, 6.07) is 5.85. The van der Waals surface area contributed by atoms with E-state index in [0.717, 1.165) is 24.1 Å². The number of alkyl halides is 1. The van der Waals surface area contributed by atoms with Crippen LogP contribution < -0.4 is 0 Å². The van der Waals surface area contributed by atoms with E-state index in [9.17, 15) is 4.79 Å². The first-order valence-electron chi connectivity index (χ1n) is 6.17. The van der Waals surface area contributed by atoms with Crippen molar-refractivity contribution in [2.24, 2.45) is 0 Å². The van der Waals surface area contributed by atoms with Gasteiger partial charge < -0.3 is 9.64 Å². The number of hydrogen-bond acceptors (Lipinski definition) is 2. The molecule has 3 nitrogen and oxygen atoms in total. The smallest absolute Gasteiger partial charge is 0.253 e. The zero-order chi connectivity index (χ0) is 13.1. The first-order chi connectivity index (χ1) is 8.58. The molecule has 0 fully saturated rings. The zero-order valence-electron chi connectivity index (χ0n) is 10.8. The predicted octanol–water partition coefficient (Wildman–Crippen LogP) is 2.96. The summed E-state index contributed by atoms with van der Waals surface area (Å²) in [5.41, 5.74) is 3.09. The Hall–Kier alpha value is -0.870. The molecule has 0 aromatic heterocycles. The summed E-state index contributed by atoms with van der Waals surface area (Å²) >= 11 is 3.49. The van der Waals surface area contributed by atoms with Gasteiger partial charge in [0.05, 0.1) is 13.2 Å². The number of carbonyl (C=O) groups is 1. The molecular weight excluding hydrogens is 294 g/mol. The Morgan fingerprint density at radius 3 is 2.89 bits per heavy atom. The van der Waals surface area contributed by atoms with Crippen LogP contribution in [0.5, 0.6) is 0 Å². The molecule has 0 aliphatic carbocycles. The van der Waals surface area contributed by atoms with E-state index >= 15 is 0 Å². The fraction of sp³-hybridized carbons (Fsp3) is 0.500. The number of benzene rings is 1. The fourth-order valence-electron chi connectivity index (χ4n) is 2.00. The van der Waals surface area contributed by atoms with Crippen LogP contribution in [0.25, 0.3) is 0 Å². The van der Waals surface area contributed by atoms with Crippen molar-refractivity contribution in [1.82, 2.24) is 4.90 Å². The van der Waals surface area contributed by atoms with Gasteiger partial charge in [-0.25, -0.2) is 0 Å². The predicted molar refractivity (Wildman–Crippen MR) is 74.9 cm³/mol. The second kappa shape index (κ2) is 5.85. The molecule has 0 N–H and O–H groups in total. The average Bonchev–Trinajstić information content (AvgIpc) is 2.81. The van der Waals surface area contributed by atoms with Crippen molar-refractivity contribution in [2.45, 2.75) is 31.4 Å². The molecule has 0 spiro atoms. The van der Waals surface area contributed by atoms with Gasteiger partial charge >= 0.3 is 0 Å². The molecule has 0 bridgehead atoms. The van der Waals surface area contributed by atoms with Crippen LogP contribution in [-0.2, 0) is 18.0 Å². The van der Waals surface area contributed by atoms with Gasteiger partial charge in [0.25, 0.3) is 5.91 Å². The van der Waals surface area contributed by atoms with Gasteiger partial charge in [-0.15, -0.1) is 0 Å². The van der Waals surface area contributed by atoms with E-state index in [1.807, 2.05) is 25.2 Å². The lowest BCUT2D eigenvalue weighted by atomic mass is 10.1. The zero-order valence-corrected chi connectivity index (χ0v) is 12.4. The molecule has 1 aromatic carbocycles. The second-order valence-corrected chi connectivity index (χ2v) is 6.34. The number of rotatable bonds is 4. The van der Waals surface area contributed by atoms with E-state index in [-0.39, 0.29) is 5.91 Å². The summed E-state index contributed by atoms with van der Waals surface area (Å²) in [6.45, 7) is 4.14. The topological polar surface area (TPSA) is 29.5 Å². The highest BCUT2D eigenvalue weighted by Crippen LogP contribution is 2.21. The molecule has 1 aromatic rings. The van der Waals surface area contributed by atoms with E-state index < -0.39 is 0 Å². The van der Waals surface area contributed by atoms with Crippen LogP contribution in [-0.4, -0.2) is 29.2 Å². The van der Waals surface area contributed by atoms with Crippen LogP contribution >= 0.6 is 15.9 Å². The lowest BCUT2D eigenvalue weighted by Gasteiger charge is -2.18. The second-order valence-electron chi connectivity index (χ2n) is 4.77. The highest BCUT2D eigenvalue weighted by atomic mass is 79.9. The normalized spacial score (nSPS) is 15.3. The van der Waals surface area contributed by atoms with Gasteiger partial charge in [-0.3, -0.25) is 4.79 Å². The monoisotopic (exact) mass is 311 g/mol. The van der Waals surface area contributed by atoms with Crippen molar-refractivity contribution >= 4 is 21.8 Å². The molecule has 1 aliphatic rings. The molecule has 18 heavy (non-hydrogen) atoms. The molecule has 98 valence electrons. The summed E-state index contributed by atoms with van der Waals surface area (Å²) in [7, 11) is 1.85. The van der Waals surface area contributed by atoms with Crippen molar-refractivity contribution < 1.29 is 9.53 Å². The van der Waals surface area contributed by atoms with Gasteiger partial charge in [0, 0.05) is 24.0 Å². The summed E-state index contributed by atoms with van der Waals surface area (Å²) in [5, 5.41) is 0. The first-order valence-corrected chi connectivity index (χ1v) is 7.08. The minimum absolute atomic E-state index is 0.0813. The Labute approximate surface area is 116 Å². The number of fused-ring (bicyclic) bond motifs is 1. The van der Waals surface area contributed by atoms with Gasteiger partial charge in [-0.05, 0) is 29.7 Å². The van der Waals surface area contributed by atoms with E-state index in [0.29, 0.717) is 18.0 Å². The van der Waals surface area contributed by atoms with Crippen molar-refractivity contribution in [1.29, 1.82) is 0 Å². The summed E-state index contributed by atoms with van der Waals surface area (Å²) < 4.78 is 5.36. The Balaban J connectivity index is 2.04. The molecule has 1 heterocycles. The molecule has 1 amide bonds. The van der Waals surface area contributed by atoms with Crippen molar-refractivity contribution in [3.8, 4) is 0 Å². The van der Waals surface area contributed by atoms with Crippen molar-refractivity contribution in [3.63, 3.8) is 0 Å². The highest BCUT2D eigenvalue weighted by Gasteiger charge is 2.16. The number of ether oxygens (including phenoxy) is 1. The van der Waals surface area contributed by atoms with Gasteiger partial charge in [-0.2, -0.15) is 0 Å². The SMILES string of the molecule is CC(Br)CCN(C)C(=O)c1ccc2c(c1)COC2. The molecular formula is C14H18BrNO2. The molecule has 0 saturated heterocycles. The number of halogens is 1. The maximum Gasteiger partial charge on any atom is 0.253 e. The summed E-state index contributed by atoms with van der Waals surface area (Å²) in [6.07, 6.45) is 0.955. The van der Waals surface area contributed by atoms with Crippen molar-refractivity contribution in [3.05, 3.63) is 34.9 Å². The maximum absolute atomic E-state index is 12.2.